The van der Waals surface area contributed by atoms with Gasteiger partial charge in [-0.05, 0) is 38.8 Å². The molecule has 3 N–H and O–H groups in total. The predicted octanol–water partition coefficient (Wildman–Crippen LogP) is 1.27. The van der Waals surface area contributed by atoms with E-state index in [2.05, 4.69) is 15.5 Å². The molecular weight excluding hydrogens is 258 g/mol. The fourth-order valence-electron chi connectivity index (χ4n) is 2.47. The van der Waals surface area contributed by atoms with E-state index in [4.69, 9.17) is 5.11 Å². The summed E-state index contributed by atoms with van der Waals surface area (Å²) in [5, 5.41) is 14.5. The second kappa shape index (κ2) is 8.09. The summed E-state index contributed by atoms with van der Waals surface area (Å²) < 4.78 is 0. The van der Waals surface area contributed by atoms with Crippen LogP contribution in [0.2, 0.25) is 0 Å². The topological polar surface area (TPSA) is 81.7 Å². The molecule has 1 heterocycles. The lowest BCUT2D eigenvalue weighted by Gasteiger charge is -2.24. The molecule has 0 aromatic heterocycles. The van der Waals surface area contributed by atoms with Gasteiger partial charge in [0.2, 0.25) is 0 Å². The first kappa shape index (κ1) is 16.8. The summed E-state index contributed by atoms with van der Waals surface area (Å²) in [6, 6.07) is -0.561. The molecule has 2 atom stereocenters. The molecule has 0 saturated carbocycles. The third-order valence-corrected chi connectivity index (χ3v) is 3.62. The first-order valence-corrected chi connectivity index (χ1v) is 7.39. The van der Waals surface area contributed by atoms with Gasteiger partial charge in [-0.1, -0.05) is 13.8 Å². The minimum Gasteiger partial charge on any atom is -0.481 e. The Kier molecular flexibility index (Phi) is 6.78. The highest BCUT2D eigenvalue weighted by atomic mass is 16.4. The molecule has 0 bridgehead atoms. The van der Waals surface area contributed by atoms with Crippen molar-refractivity contribution in [1.29, 1.82) is 0 Å². The Morgan fingerprint density at radius 1 is 1.15 bits per heavy atom. The first-order chi connectivity index (χ1) is 9.38. The number of carbonyl (C=O) groups excluding carboxylic acids is 1. The maximum atomic E-state index is 11.9. The number of hydrogen-bond acceptors (Lipinski definition) is 3. The van der Waals surface area contributed by atoms with Gasteiger partial charge in [-0.15, -0.1) is 0 Å². The van der Waals surface area contributed by atoms with Crippen molar-refractivity contribution in [3.05, 3.63) is 0 Å². The van der Waals surface area contributed by atoms with Crippen LogP contribution in [0.1, 0.15) is 40.0 Å². The van der Waals surface area contributed by atoms with Crippen molar-refractivity contribution in [3.63, 3.8) is 0 Å². The van der Waals surface area contributed by atoms with Gasteiger partial charge >= 0.3 is 12.0 Å². The van der Waals surface area contributed by atoms with Gasteiger partial charge in [-0.3, -0.25) is 4.79 Å². The van der Waals surface area contributed by atoms with E-state index in [9.17, 15) is 9.59 Å². The van der Waals surface area contributed by atoms with E-state index in [1.165, 1.54) is 12.8 Å². The molecule has 116 valence electrons. The summed E-state index contributed by atoms with van der Waals surface area (Å²) in [6.45, 7) is 8.82. The molecule has 0 aliphatic carbocycles. The third kappa shape index (κ3) is 6.23. The summed E-state index contributed by atoms with van der Waals surface area (Å²) in [4.78, 5) is 25.0. The van der Waals surface area contributed by atoms with Crippen LogP contribution in [-0.2, 0) is 4.79 Å². The molecule has 6 heteroatoms. The van der Waals surface area contributed by atoms with Crippen molar-refractivity contribution in [1.82, 2.24) is 15.5 Å². The molecule has 0 radical (unpaired) electrons. The number of rotatable bonds is 7. The van der Waals surface area contributed by atoms with Crippen LogP contribution in [0.4, 0.5) is 4.79 Å². The van der Waals surface area contributed by atoms with Crippen LogP contribution in [0.15, 0.2) is 0 Å². The summed E-state index contributed by atoms with van der Waals surface area (Å²) in [5.74, 6) is -0.806. The minimum absolute atomic E-state index is 0.0500. The molecule has 1 aliphatic rings. The summed E-state index contributed by atoms with van der Waals surface area (Å²) in [6.07, 6.45) is 2.41. The number of carboxylic acid groups (broad SMARTS) is 1. The average Bonchev–Trinajstić information content (AvgIpc) is 2.79. The van der Waals surface area contributed by atoms with Gasteiger partial charge < -0.3 is 20.6 Å². The Morgan fingerprint density at radius 2 is 1.75 bits per heavy atom. The Morgan fingerprint density at radius 3 is 2.25 bits per heavy atom. The number of aliphatic carboxylic acids is 1. The van der Waals surface area contributed by atoms with Crippen LogP contribution in [0.3, 0.4) is 0 Å². The highest BCUT2D eigenvalue weighted by Gasteiger charge is 2.21. The Bertz CT molecular complexity index is 328. The van der Waals surface area contributed by atoms with E-state index in [1.54, 1.807) is 0 Å². The van der Waals surface area contributed by atoms with Crippen molar-refractivity contribution in [3.8, 4) is 0 Å². The molecule has 20 heavy (non-hydrogen) atoms. The Labute approximate surface area is 120 Å². The van der Waals surface area contributed by atoms with E-state index in [1.807, 2.05) is 20.8 Å². The average molecular weight is 285 g/mol. The van der Waals surface area contributed by atoms with E-state index in [0.29, 0.717) is 0 Å². The van der Waals surface area contributed by atoms with Gasteiger partial charge in [0.05, 0.1) is 6.42 Å². The third-order valence-electron chi connectivity index (χ3n) is 3.62. The van der Waals surface area contributed by atoms with Gasteiger partial charge in [0.25, 0.3) is 0 Å². The highest BCUT2D eigenvalue weighted by molar-refractivity contribution is 5.76. The van der Waals surface area contributed by atoms with Crippen molar-refractivity contribution in [2.45, 2.75) is 52.1 Å². The maximum Gasteiger partial charge on any atom is 0.315 e. The quantitative estimate of drug-likeness (QED) is 0.658. The monoisotopic (exact) mass is 285 g/mol. The fraction of sp³-hybridized carbons (Fsp3) is 0.857. The summed E-state index contributed by atoms with van der Waals surface area (Å²) >= 11 is 0. The van der Waals surface area contributed by atoms with Crippen molar-refractivity contribution in [2.24, 2.45) is 5.92 Å². The molecule has 2 unspecified atom stereocenters. The minimum atomic E-state index is -0.894. The van der Waals surface area contributed by atoms with Crippen LogP contribution in [-0.4, -0.2) is 53.7 Å². The zero-order valence-corrected chi connectivity index (χ0v) is 12.7. The van der Waals surface area contributed by atoms with Crippen LogP contribution in [0, 0.1) is 5.92 Å². The van der Waals surface area contributed by atoms with Gasteiger partial charge in [0.15, 0.2) is 0 Å². The van der Waals surface area contributed by atoms with Gasteiger partial charge in [0.1, 0.15) is 0 Å². The van der Waals surface area contributed by atoms with Crippen molar-refractivity contribution in [2.75, 3.05) is 19.6 Å². The predicted molar refractivity (Wildman–Crippen MR) is 77.7 cm³/mol. The number of nitrogens with zero attached hydrogens (tertiary/aromatic N) is 1. The van der Waals surface area contributed by atoms with Crippen LogP contribution < -0.4 is 10.6 Å². The fourth-order valence-corrected chi connectivity index (χ4v) is 2.47. The number of urea groups is 1. The van der Waals surface area contributed by atoms with Crippen LogP contribution in [0.5, 0.6) is 0 Å². The Balaban J connectivity index is 2.34. The van der Waals surface area contributed by atoms with Gasteiger partial charge in [-0.25, -0.2) is 4.79 Å². The molecule has 0 aromatic rings. The van der Waals surface area contributed by atoms with Crippen LogP contribution in [0.25, 0.3) is 0 Å². The molecule has 2 amide bonds. The number of nitrogens with one attached hydrogen (secondary N) is 2. The van der Waals surface area contributed by atoms with Crippen molar-refractivity contribution >= 4 is 12.0 Å². The zero-order chi connectivity index (χ0) is 15.1. The normalized spacial score (nSPS) is 18.8. The van der Waals surface area contributed by atoms with Crippen molar-refractivity contribution < 1.29 is 14.7 Å². The second-order valence-corrected chi connectivity index (χ2v) is 5.97. The number of hydrogen-bond donors (Lipinski definition) is 3. The van der Waals surface area contributed by atoms with E-state index in [-0.39, 0.29) is 30.5 Å². The largest absolute Gasteiger partial charge is 0.481 e. The van der Waals surface area contributed by atoms with E-state index >= 15 is 0 Å². The van der Waals surface area contributed by atoms with Gasteiger partial charge in [-0.2, -0.15) is 0 Å². The van der Waals surface area contributed by atoms with E-state index in [0.717, 1.165) is 19.6 Å². The summed E-state index contributed by atoms with van der Waals surface area (Å²) in [5.41, 5.74) is 0. The van der Waals surface area contributed by atoms with E-state index < -0.39 is 5.97 Å². The molecule has 1 aliphatic heterocycles. The molecule has 0 spiro atoms. The smallest absolute Gasteiger partial charge is 0.315 e. The zero-order valence-electron chi connectivity index (χ0n) is 12.7. The molecule has 1 rings (SSSR count). The molecule has 6 nitrogen and oxygen atoms in total. The maximum absolute atomic E-state index is 11.9. The lowest BCUT2D eigenvalue weighted by atomic mass is 10.0. The lowest BCUT2D eigenvalue weighted by Crippen LogP contribution is -2.50. The van der Waals surface area contributed by atoms with Crippen LogP contribution >= 0.6 is 0 Å². The molecule has 1 fully saturated rings. The molecular formula is C14H27N3O3. The number of amides is 2. The Hall–Kier alpha value is -1.30. The molecule has 0 aromatic carbocycles. The number of carbonyl (C=O) groups is 2. The van der Waals surface area contributed by atoms with Gasteiger partial charge in [0, 0.05) is 18.6 Å². The summed E-state index contributed by atoms with van der Waals surface area (Å²) in [7, 11) is 0. The number of carboxylic acids is 1. The molecule has 1 saturated heterocycles. The first-order valence-electron chi connectivity index (χ1n) is 7.39. The number of likely N-dealkylation sites (tertiary alicyclic amines) is 1. The highest BCUT2D eigenvalue weighted by Crippen LogP contribution is 2.08. The second-order valence-electron chi connectivity index (χ2n) is 5.97. The standard InChI is InChI=1S/C14H27N3O3/c1-10(2)12(8-13(18)19)16-14(20)15-11(3)9-17-6-4-5-7-17/h10-12H,4-9H2,1-3H3,(H,18,19)(H2,15,16,20). The SMILES string of the molecule is CC(CN1CCCC1)NC(=O)NC(CC(=O)O)C(C)C. The lowest BCUT2D eigenvalue weighted by molar-refractivity contribution is -0.137.